The normalized spacial score (nSPS) is 16.4. The number of fused-ring (bicyclic) bond motifs is 1. The van der Waals surface area contributed by atoms with Crippen LogP contribution in [0, 0.1) is 0 Å². The van der Waals surface area contributed by atoms with Crippen molar-refractivity contribution >= 4 is 28.4 Å². The molecule has 3 aromatic rings. The van der Waals surface area contributed by atoms with Crippen molar-refractivity contribution in [3.05, 3.63) is 65.1 Å². The van der Waals surface area contributed by atoms with E-state index in [1.165, 1.54) is 4.57 Å². The standard InChI is InChI=1S/C20H20N4O3/c25-19(21-14-7-2-1-3-8-14)23-18-16-10-4-5-11-17(16)22-20(26)24(18)13-15-9-6-12-27-15/h1-5,7-8,10-11,15H,6,9,12-13H2,(H2,21,23,25)/t15-/m1/s1. The summed E-state index contributed by atoms with van der Waals surface area (Å²) in [6, 6.07) is 16.0. The Morgan fingerprint density at radius 3 is 2.67 bits per heavy atom. The molecule has 2 N–H and O–H groups in total. The van der Waals surface area contributed by atoms with Gasteiger partial charge in [-0.05, 0) is 37.1 Å². The quantitative estimate of drug-likeness (QED) is 0.744. The predicted octanol–water partition coefficient (Wildman–Crippen LogP) is 3.22. The molecule has 0 saturated carbocycles. The van der Waals surface area contributed by atoms with E-state index < -0.39 is 11.7 Å². The van der Waals surface area contributed by atoms with Crippen molar-refractivity contribution in [1.29, 1.82) is 0 Å². The number of para-hydroxylation sites is 2. The van der Waals surface area contributed by atoms with Gasteiger partial charge >= 0.3 is 11.7 Å². The molecule has 138 valence electrons. The van der Waals surface area contributed by atoms with Crippen molar-refractivity contribution in [3.8, 4) is 0 Å². The van der Waals surface area contributed by atoms with Gasteiger partial charge in [-0.25, -0.2) is 9.59 Å². The number of carbonyl (C=O) groups excluding carboxylic acids is 1. The summed E-state index contributed by atoms with van der Waals surface area (Å²) in [4.78, 5) is 29.3. The highest BCUT2D eigenvalue weighted by molar-refractivity contribution is 6.04. The maximum atomic E-state index is 12.6. The zero-order valence-corrected chi connectivity index (χ0v) is 14.7. The number of anilines is 2. The third kappa shape index (κ3) is 3.83. The number of hydrogen-bond acceptors (Lipinski definition) is 4. The molecule has 0 spiro atoms. The van der Waals surface area contributed by atoms with Crippen LogP contribution in [0.15, 0.2) is 59.4 Å². The fraction of sp³-hybridized carbons (Fsp3) is 0.250. The Bertz CT molecular complexity index is 1010. The first-order valence-electron chi connectivity index (χ1n) is 8.95. The van der Waals surface area contributed by atoms with E-state index in [-0.39, 0.29) is 6.10 Å². The molecule has 2 heterocycles. The fourth-order valence-corrected chi connectivity index (χ4v) is 3.26. The number of carbonyl (C=O) groups is 1. The van der Waals surface area contributed by atoms with Crippen LogP contribution in [0.3, 0.4) is 0 Å². The number of ether oxygens (including phenoxy) is 1. The summed E-state index contributed by atoms with van der Waals surface area (Å²) in [5.74, 6) is 0.425. The van der Waals surface area contributed by atoms with Crippen LogP contribution >= 0.6 is 0 Å². The summed E-state index contributed by atoms with van der Waals surface area (Å²) in [6.07, 6.45) is 1.80. The van der Waals surface area contributed by atoms with E-state index in [0.717, 1.165) is 12.8 Å². The van der Waals surface area contributed by atoms with Crippen molar-refractivity contribution in [2.24, 2.45) is 0 Å². The van der Waals surface area contributed by atoms with E-state index in [9.17, 15) is 9.59 Å². The summed E-state index contributed by atoms with van der Waals surface area (Å²) in [5, 5.41) is 6.32. The molecule has 0 bridgehead atoms. The number of hydrogen-bond donors (Lipinski definition) is 2. The summed E-state index contributed by atoms with van der Waals surface area (Å²) in [5.41, 5.74) is 0.807. The lowest BCUT2D eigenvalue weighted by atomic mass is 10.2. The molecule has 1 fully saturated rings. The van der Waals surface area contributed by atoms with Gasteiger partial charge in [-0.3, -0.25) is 9.88 Å². The SMILES string of the molecule is O=C(Nc1ccccc1)Nc1c2ccccc2nc(=O)n1C[C@H]1CCCO1. The number of nitrogens with zero attached hydrogens (tertiary/aromatic N) is 2. The minimum Gasteiger partial charge on any atom is -0.376 e. The maximum Gasteiger partial charge on any atom is 0.349 e. The van der Waals surface area contributed by atoms with Crippen LogP contribution in [-0.4, -0.2) is 28.3 Å². The lowest BCUT2D eigenvalue weighted by Crippen LogP contribution is -2.32. The average Bonchev–Trinajstić information content (AvgIpc) is 3.18. The van der Waals surface area contributed by atoms with Crippen molar-refractivity contribution in [2.45, 2.75) is 25.5 Å². The Morgan fingerprint density at radius 1 is 1.11 bits per heavy atom. The number of nitrogens with one attached hydrogen (secondary N) is 2. The Kier molecular flexibility index (Phi) is 4.84. The van der Waals surface area contributed by atoms with Gasteiger partial charge in [-0.2, -0.15) is 4.98 Å². The second-order valence-electron chi connectivity index (χ2n) is 6.45. The van der Waals surface area contributed by atoms with Crippen LogP contribution in [0.1, 0.15) is 12.8 Å². The molecule has 0 unspecified atom stereocenters. The predicted molar refractivity (Wildman–Crippen MR) is 104 cm³/mol. The van der Waals surface area contributed by atoms with Gasteiger partial charge in [0.25, 0.3) is 0 Å². The molecule has 1 saturated heterocycles. The third-order valence-electron chi connectivity index (χ3n) is 4.55. The monoisotopic (exact) mass is 364 g/mol. The van der Waals surface area contributed by atoms with E-state index in [0.29, 0.717) is 35.6 Å². The summed E-state index contributed by atoms with van der Waals surface area (Å²) < 4.78 is 7.15. The van der Waals surface area contributed by atoms with Crippen LogP contribution < -0.4 is 16.3 Å². The van der Waals surface area contributed by atoms with E-state index in [4.69, 9.17) is 4.74 Å². The zero-order chi connectivity index (χ0) is 18.6. The Morgan fingerprint density at radius 2 is 1.89 bits per heavy atom. The molecule has 1 aliphatic rings. The summed E-state index contributed by atoms with van der Waals surface area (Å²) >= 11 is 0. The fourth-order valence-electron chi connectivity index (χ4n) is 3.26. The first-order valence-corrected chi connectivity index (χ1v) is 8.95. The first-order chi connectivity index (χ1) is 13.2. The molecule has 7 nitrogen and oxygen atoms in total. The number of aromatic nitrogens is 2. The zero-order valence-electron chi connectivity index (χ0n) is 14.7. The van der Waals surface area contributed by atoms with Crippen molar-refractivity contribution in [2.75, 3.05) is 17.2 Å². The average molecular weight is 364 g/mol. The minimum absolute atomic E-state index is 0.0524. The van der Waals surface area contributed by atoms with Gasteiger partial charge in [0, 0.05) is 17.7 Å². The highest BCUT2D eigenvalue weighted by Gasteiger charge is 2.21. The van der Waals surface area contributed by atoms with Crippen molar-refractivity contribution in [3.63, 3.8) is 0 Å². The van der Waals surface area contributed by atoms with E-state index in [2.05, 4.69) is 15.6 Å². The molecule has 1 atom stereocenters. The van der Waals surface area contributed by atoms with Crippen LogP contribution in [0.2, 0.25) is 0 Å². The minimum atomic E-state index is -0.418. The second-order valence-corrected chi connectivity index (χ2v) is 6.45. The van der Waals surface area contributed by atoms with Gasteiger partial charge in [0.2, 0.25) is 0 Å². The number of amides is 2. The van der Waals surface area contributed by atoms with E-state index in [1.54, 1.807) is 18.2 Å². The smallest absolute Gasteiger partial charge is 0.349 e. The number of urea groups is 1. The molecular formula is C20H20N4O3. The van der Waals surface area contributed by atoms with Crippen LogP contribution in [0.25, 0.3) is 10.9 Å². The third-order valence-corrected chi connectivity index (χ3v) is 4.55. The Balaban J connectivity index is 1.69. The molecule has 7 heteroatoms. The van der Waals surface area contributed by atoms with Gasteiger partial charge in [-0.15, -0.1) is 0 Å². The molecule has 2 aromatic carbocycles. The van der Waals surface area contributed by atoms with Crippen LogP contribution in [0.5, 0.6) is 0 Å². The highest BCUT2D eigenvalue weighted by Crippen LogP contribution is 2.22. The van der Waals surface area contributed by atoms with Crippen molar-refractivity contribution < 1.29 is 9.53 Å². The van der Waals surface area contributed by atoms with E-state index >= 15 is 0 Å². The lowest BCUT2D eigenvalue weighted by Gasteiger charge is -2.18. The molecule has 2 amide bonds. The summed E-state index contributed by atoms with van der Waals surface area (Å²) in [6.45, 7) is 1.05. The highest BCUT2D eigenvalue weighted by atomic mass is 16.5. The van der Waals surface area contributed by atoms with Gasteiger partial charge in [0.15, 0.2) is 0 Å². The van der Waals surface area contributed by atoms with Gasteiger partial charge < -0.3 is 10.1 Å². The second kappa shape index (κ2) is 7.59. The largest absolute Gasteiger partial charge is 0.376 e. The Labute approximate surface area is 156 Å². The van der Waals surface area contributed by atoms with Gasteiger partial charge in [-0.1, -0.05) is 30.3 Å². The molecule has 0 radical (unpaired) electrons. The number of rotatable bonds is 4. The molecular weight excluding hydrogens is 344 g/mol. The molecule has 0 aliphatic carbocycles. The maximum absolute atomic E-state index is 12.6. The topological polar surface area (TPSA) is 85.3 Å². The van der Waals surface area contributed by atoms with Crippen LogP contribution in [0.4, 0.5) is 16.3 Å². The van der Waals surface area contributed by atoms with Crippen LogP contribution in [-0.2, 0) is 11.3 Å². The molecule has 1 aliphatic heterocycles. The summed E-state index contributed by atoms with van der Waals surface area (Å²) in [7, 11) is 0. The van der Waals surface area contributed by atoms with Gasteiger partial charge in [0.05, 0.1) is 18.2 Å². The van der Waals surface area contributed by atoms with Gasteiger partial charge in [0.1, 0.15) is 5.82 Å². The number of benzene rings is 2. The van der Waals surface area contributed by atoms with Crippen molar-refractivity contribution in [1.82, 2.24) is 9.55 Å². The lowest BCUT2D eigenvalue weighted by molar-refractivity contribution is 0.0964. The first kappa shape index (κ1) is 17.2. The molecule has 4 rings (SSSR count). The Hall–Kier alpha value is -3.19. The molecule has 1 aromatic heterocycles. The molecule has 27 heavy (non-hydrogen) atoms. The van der Waals surface area contributed by atoms with E-state index in [1.807, 2.05) is 36.4 Å².